The number of aromatic amines is 1. The van der Waals surface area contributed by atoms with Crippen molar-refractivity contribution in [2.24, 2.45) is 11.7 Å². The van der Waals surface area contributed by atoms with Crippen molar-refractivity contribution in [3.63, 3.8) is 0 Å². The highest BCUT2D eigenvalue weighted by Gasteiger charge is 2.39. The number of nitrogens with two attached hydrogens (primary N) is 1. The van der Waals surface area contributed by atoms with Crippen LogP contribution in [-0.2, 0) is 35.2 Å². The number of carbonyl (C=O) groups is 6. The Kier molecular flexibility index (Phi) is 11.8. The summed E-state index contributed by atoms with van der Waals surface area (Å²) >= 11 is 0. The summed E-state index contributed by atoms with van der Waals surface area (Å²) in [5.74, 6) is -4.04. The molecule has 0 saturated carbocycles. The molecule has 0 aliphatic carbocycles. The van der Waals surface area contributed by atoms with Crippen LogP contribution in [0.2, 0.25) is 0 Å². The monoisotopic (exact) mass is 610 g/mol. The normalized spacial score (nSPS) is 17.4. The standard InChI is InChI=1S/C31H42N6O7/c1-17(2)12-24(28(41)34-20(16-38)13-19-15-33-23-9-6-5-8-21(19)23)35-30(43)27(18(3)4)36-29(42)25-10-7-11-37(25)31(44)22(32)14-26(39)40/h5-6,8-9,15-16,18,20,22,24-25,27,33H,1,7,10-14,32H2,2-4H3,(H,34,41)(H,35,43)(H,36,42)(H,39,40)/t20-,22-,24+,25+,27-/m1/s1. The molecule has 7 N–H and O–H groups in total. The minimum atomic E-state index is -1.29. The summed E-state index contributed by atoms with van der Waals surface area (Å²) in [6, 6.07) is 2.41. The average Bonchev–Trinajstić information content (AvgIpc) is 3.61. The van der Waals surface area contributed by atoms with E-state index in [1.165, 1.54) is 4.90 Å². The lowest BCUT2D eigenvalue weighted by molar-refractivity contribution is -0.144. The van der Waals surface area contributed by atoms with Crippen molar-refractivity contribution >= 4 is 46.8 Å². The van der Waals surface area contributed by atoms with Gasteiger partial charge in [0.2, 0.25) is 23.6 Å². The summed E-state index contributed by atoms with van der Waals surface area (Å²) in [5.41, 5.74) is 8.12. The Bertz CT molecular complexity index is 1400. The van der Waals surface area contributed by atoms with Crippen LogP contribution < -0.4 is 21.7 Å². The second kappa shape index (κ2) is 15.3. The van der Waals surface area contributed by atoms with E-state index < -0.39 is 72.1 Å². The van der Waals surface area contributed by atoms with Gasteiger partial charge in [0.25, 0.3) is 0 Å². The molecule has 4 amide bonds. The zero-order chi connectivity index (χ0) is 32.6. The Labute approximate surface area is 256 Å². The number of hydrogen-bond acceptors (Lipinski definition) is 7. The highest BCUT2D eigenvalue weighted by molar-refractivity contribution is 5.96. The Morgan fingerprint density at radius 2 is 1.82 bits per heavy atom. The molecule has 0 unspecified atom stereocenters. The van der Waals surface area contributed by atoms with Crippen molar-refractivity contribution in [3.8, 4) is 0 Å². The molecular formula is C31H42N6O7. The summed E-state index contributed by atoms with van der Waals surface area (Å²) in [6.07, 6.45) is 3.04. The number of hydrogen-bond donors (Lipinski definition) is 6. The van der Waals surface area contributed by atoms with Gasteiger partial charge in [-0.1, -0.05) is 37.6 Å². The molecule has 2 heterocycles. The number of carboxylic acid groups (broad SMARTS) is 1. The first kappa shape index (κ1) is 34.0. The van der Waals surface area contributed by atoms with Gasteiger partial charge >= 0.3 is 5.97 Å². The number of nitrogens with zero attached hydrogens (tertiary/aromatic N) is 1. The Morgan fingerprint density at radius 3 is 2.45 bits per heavy atom. The summed E-state index contributed by atoms with van der Waals surface area (Å²) < 4.78 is 0. The third-order valence-corrected chi connectivity index (χ3v) is 7.59. The number of nitrogens with one attached hydrogen (secondary N) is 4. The minimum absolute atomic E-state index is 0.0986. The van der Waals surface area contributed by atoms with Crippen LogP contribution in [0.3, 0.4) is 0 Å². The third-order valence-electron chi connectivity index (χ3n) is 7.59. The van der Waals surface area contributed by atoms with Crippen LogP contribution in [0.1, 0.15) is 52.0 Å². The van der Waals surface area contributed by atoms with Crippen molar-refractivity contribution in [2.75, 3.05) is 6.54 Å². The first-order valence-corrected chi connectivity index (χ1v) is 14.7. The van der Waals surface area contributed by atoms with Crippen LogP contribution >= 0.6 is 0 Å². The van der Waals surface area contributed by atoms with Gasteiger partial charge in [-0.05, 0) is 43.7 Å². The van der Waals surface area contributed by atoms with Crippen molar-refractivity contribution in [3.05, 3.63) is 48.2 Å². The largest absolute Gasteiger partial charge is 0.481 e. The molecule has 1 fully saturated rings. The van der Waals surface area contributed by atoms with E-state index in [-0.39, 0.29) is 19.4 Å². The molecule has 13 heteroatoms. The predicted octanol–water partition coefficient (Wildman–Crippen LogP) is 0.779. The molecule has 1 aromatic carbocycles. The van der Waals surface area contributed by atoms with E-state index >= 15 is 0 Å². The number of benzene rings is 1. The summed E-state index contributed by atoms with van der Waals surface area (Å²) in [4.78, 5) is 80.2. The molecule has 0 radical (unpaired) electrons. The van der Waals surface area contributed by atoms with Crippen LogP contribution in [0, 0.1) is 5.92 Å². The number of likely N-dealkylation sites (tertiary alicyclic amines) is 1. The molecule has 0 spiro atoms. The molecule has 13 nitrogen and oxygen atoms in total. The predicted molar refractivity (Wildman–Crippen MR) is 163 cm³/mol. The number of para-hydroxylation sites is 1. The zero-order valence-corrected chi connectivity index (χ0v) is 25.3. The van der Waals surface area contributed by atoms with E-state index in [1.807, 2.05) is 24.3 Å². The van der Waals surface area contributed by atoms with Crippen LogP contribution in [-0.4, -0.2) is 87.6 Å². The average molecular weight is 611 g/mol. The second-order valence-corrected chi connectivity index (χ2v) is 11.7. The minimum Gasteiger partial charge on any atom is -0.481 e. The summed E-state index contributed by atoms with van der Waals surface area (Å²) in [5, 5.41) is 18.0. The number of rotatable bonds is 15. The van der Waals surface area contributed by atoms with Crippen LogP contribution in [0.5, 0.6) is 0 Å². The van der Waals surface area contributed by atoms with E-state index in [2.05, 4.69) is 27.5 Å². The fraction of sp³-hybridized carbons (Fsp3) is 0.484. The van der Waals surface area contributed by atoms with Gasteiger partial charge in [0.1, 0.15) is 24.4 Å². The van der Waals surface area contributed by atoms with Gasteiger partial charge in [0, 0.05) is 30.1 Å². The van der Waals surface area contributed by atoms with E-state index in [0.29, 0.717) is 24.7 Å². The smallest absolute Gasteiger partial charge is 0.305 e. The van der Waals surface area contributed by atoms with Gasteiger partial charge in [-0.2, -0.15) is 0 Å². The molecule has 1 aliphatic rings. The van der Waals surface area contributed by atoms with E-state index in [0.717, 1.165) is 16.5 Å². The quantitative estimate of drug-likeness (QED) is 0.125. The topological polar surface area (TPSA) is 204 Å². The molecule has 1 saturated heterocycles. The number of H-pyrrole nitrogens is 1. The second-order valence-electron chi connectivity index (χ2n) is 11.7. The van der Waals surface area contributed by atoms with Gasteiger partial charge in [-0.3, -0.25) is 24.0 Å². The number of fused-ring (bicyclic) bond motifs is 1. The zero-order valence-electron chi connectivity index (χ0n) is 25.3. The van der Waals surface area contributed by atoms with Crippen molar-refractivity contribution in [1.82, 2.24) is 25.8 Å². The lowest BCUT2D eigenvalue weighted by Gasteiger charge is -2.30. The summed E-state index contributed by atoms with van der Waals surface area (Å²) in [6.45, 7) is 9.25. The fourth-order valence-electron chi connectivity index (χ4n) is 5.35. The van der Waals surface area contributed by atoms with Gasteiger partial charge in [0.15, 0.2) is 0 Å². The van der Waals surface area contributed by atoms with Gasteiger partial charge in [0.05, 0.1) is 18.5 Å². The van der Waals surface area contributed by atoms with Gasteiger partial charge < -0.3 is 41.5 Å². The summed E-state index contributed by atoms with van der Waals surface area (Å²) in [7, 11) is 0. The Morgan fingerprint density at radius 1 is 1.11 bits per heavy atom. The lowest BCUT2D eigenvalue weighted by Crippen LogP contribution is -2.59. The maximum absolute atomic E-state index is 13.5. The van der Waals surface area contributed by atoms with Gasteiger partial charge in [-0.25, -0.2) is 0 Å². The number of aliphatic carboxylic acids is 1. The number of carbonyl (C=O) groups excluding carboxylic acids is 5. The maximum Gasteiger partial charge on any atom is 0.305 e. The first-order valence-electron chi connectivity index (χ1n) is 14.7. The number of aromatic nitrogens is 1. The van der Waals surface area contributed by atoms with Crippen molar-refractivity contribution < 1.29 is 33.9 Å². The van der Waals surface area contributed by atoms with E-state index in [9.17, 15) is 28.8 Å². The van der Waals surface area contributed by atoms with Crippen LogP contribution in [0.25, 0.3) is 10.9 Å². The molecular weight excluding hydrogens is 568 g/mol. The van der Waals surface area contributed by atoms with Crippen molar-refractivity contribution in [2.45, 2.75) is 83.1 Å². The molecule has 44 heavy (non-hydrogen) atoms. The first-order chi connectivity index (χ1) is 20.8. The maximum atomic E-state index is 13.5. The molecule has 1 aliphatic heterocycles. The lowest BCUT2D eigenvalue weighted by atomic mass is 10.0. The molecule has 1 aromatic heterocycles. The molecule has 5 atom stereocenters. The molecule has 2 aromatic rings. The molecule has 238 valence electrons. The fourth-order valence-corrected chi connectivity index (χ4v) is 5.35. The Hall–Kier alpha value is -4.52. The van der Waals surface area contributed by atoms with E-state index in [4.69, 9.17) is 10.8 Å². The van der Waals surface area contributed by atoms with Crippen LogP contribution in [0.15, 0.2) is 42.6 Å². The number of carboxylic acids is 1. The molecule has 0 bridgehead atoms. The van der Waals surface area contributed by atoms with Gasteiger partial charge in [-0.15, -0.1) is 6.58 Å². The van der Waals surface area contributed by atoms with E-state index in [1.54, 1.807) is 27.0 Å². The SMILES string of the molecule is C=C(C)C[C@H](NC(=O)[C@H](NC(=O)[C@@H]1CCCN1C(=O)[C@H](N)CC(=O)O)C(C)C)C(=O)N[C@@H](C=O)Cc1c[nH]c2ccccc12. The number of amides is 4. The Balaban J connectivity index is 1.69. The number of aldehydes is 1. The highest BCUT2D eigenvalue weighted by atomic mass is 16.4. The van der Waals surface area contributed by atoms with Crippen LogP contribution in [0.4, 0.5) is 0 Å². The highest BCUT2D eigenvalue weighted by Crippen LogP contribution is 2.21. The molecule has 3 rings (SSSR count). The van der Waals surface area contributed by atoms with Crippen molar-refractivity contribution in [1.29, 1.82) is 0 Å². The third kappa shape index (κ3) is 8.75.